The number of hydrogen-bond donors (Lipinski definition) is 1. The van der Waals surface area contributed by atoms with E-state index in [-0.39, 0.29) is 33.5 Å². The molecule has 1 fully saturated rings. The third kappa shape index (κ3) is 5.48. The fraction of sp³-hybridized carbons (Fsp3) is 0.150. The van der Waals surface area contributed by atoms with Gasteiger partial charge >= 0.3 is 0 Å². The van der Waals surface area contributed by atoms with Gasteiger partial charge in [-0.25, -0.2) is 8.42 Å². The fourth-order valence-corrected chi connectivity index (χ4v) is 4.60. The van der Waals surface area contributed by atoms with Crippen molar-refractivity contribution in [1.29, 1.82) is 0 Å². The minimum absolute atomic E-state index is 0.00514. The average Bonchev–Trinajstić information content (AvgIpc) is 2.98. The number of nitrogens with one attached hydrogen (secondary N) is 1. The van der Waals surface area contributed by atoms with Gasteiger partial charge in [-0.05, 0) is 47.7 Å². The zero-order valence-electron chi connectivity index (χ0n) is 16.1. The lowest BCUT2D eigenvalue weighted by Crippen LogP contribution is -2.37. The van der Waals surface area contributed by atoms with Crippen LogP contribution < -0.4 is 5.32 Å². The zero-order chi connectivity index (χ0) is 22.8. The van der Waals surface area contributed by atoms with Gasteiger partial charge in [0.05, 0.1) is 19.8 Å². The van der Waals surface area contributed by atoms with Crippen molar-refractivity contribution in [3.05, 3.63) is 68.5 Å². The standard InChI is InChI=1S/C20H16Cl2N2O5S2/c1-31(28,29)14-6-2-5-13(10-14)18(25)23-8-9-24-19(26)16(30-20(24)27)11-12-4-3-7-15(21)17(12)22/h2-7,10-11H,8-9H2,1H3,(H,23,25)/b16-11-. The summed E-state index contributed by atoms with van der Waals surface area (Å²) < 4.78 is 23.3. The smallest absolute Gasteiger partial charge is 0.293 e. The molecule has 2 aromatic rings. The van der Waals surface area contributed by atoms with Crippen molar-refractivity contribution in [2.45, 2.75) is 4.90 Å². The second-order valence-corrected chi connectivity index (χ2v) is 10.3. The van der Waals surface area contributed by atoms with Crippen molar-refractivity contribution in [1.82, 2.24) is 10.2 Å². The van der Waals surface area contributed by atoms with Crippen LogP contribution in [0.25, 0.3) is 6.08 Å². The second-order valence-electron chi connectivity index (χ2n) is 6.53. The molecule has 3 amide bonds. The molecule has 0 atom stereocenters. The number of benzene rings is 2. The van der Waals surface area contributed by atoms with Gasteiger partial charge in [0.1, 0.15) is 0 Å². The minimum Gasteiger partial charge on any atom is -0.350 e. The number of sulfone groups is 1. The molecule has 0 bridgehead atoms. The number of amides is 3. The van der Waals surface area contributed by atoms with Crippen molar-refractivity contribution >= 4 is 67.9 Å². The highest BCUT2D eigenvalue weighted by atomic mass is 35.5. The summed E-state index contributed by atoms with van der Waals surface area (Å²) in [5.74, 6) is -1.02. The molecule has 31 heavy (non-hydrogen) atoms. The van der Waals surface area contributed by atoms with Crippen molar-refractivity contribution < 1.29 is 22.8 Å². The summed E-state index contributed by atoms with van der Waals surface area (Å²) in [6.07, 6.45) is 2.54. The van der Waals surface area contributed by atoms with Crippen LogP contribution in [0.2, 0.25) is 10.0 Å². The Labute approximate surface area is 193 Å². The van der Waals surface area contributed by atoms with E-state index in [2.05, 4.69) is 5.32 Å². The average molecular weight is 499 g/mol. The molecular weight excluding hydrogens is 483 g/mol. The van der Waals surface area contributed by atoms with E-state index >= 15 is 0 Å². The Morgan fingerprint density at radius 1 is 1.16 bits per heavy atom. The Hall–Kier alpha value is -2.33. The van der Waals surface area contributed by atoms with Gasteiger partial charge in [-0.1, -0.05) is 41.4 Å². The predicted octanol–water partition coefficient (Wildman–Crippen LogP) is 3.86. The van der Waals surface area contributed by atoms with Crippen LogP contribution >= 0.6 is 35.0 Å². The van der Waals surface area contributed by atoms with Crippen LogP contribution in [0.5, 0.6) is 0 Å². The normalized spacial score (nSPS) is 15.6. The van der Waals surface area contributed by atoms with Gasteiger partial charge in [-0.2, -0.15) is 0 Å². The predicted molar refractivity (Wildman–Crippen MR) is 121 cm³/mol. The monoisotopic (exact) mass is 498 g/mol. The van der Waals surface area contributed by atoms with Gasteiger partial charge in [0.15, 0.2) is 9.84 Å². The maximum absolute atomic E-state index is 12.6. The van der Waals surface area contributed by atoms with Crippen LogP contribution in [0.4, 0.5) is 4.79 Å². The largest absolute Gasteiger partial charge is 0.350 e. The number of halogens is 2. The summed E-state index contributed by atoms with van der Waals surface area (Å²) in [6.45, 7) is -0.0338. The molecule has 1 aliphatic heterocycles. The van der Waals surface area contributed by atoms with Crippen LogP contribution in [0.15, 0.2) is 52.3 Å². The Morgan fingerprint density at radius 2 is 1.87 bits per heavy atom. The third-order valence-corrected chi connectivity index (χ3v) is 7.14. The number of thioether (sulfide) groups is 1. The third-order valence-electron chi connectivity index (χ3n) is 4.29. The fourth-order valence-electron chi connectivity index (χ4n) is 2.72. The molecule has 0 aliphatic carbocycles. The van der Waals surface area contributed by atoms with Crippen molar-refractivity contribution in [2.75, 3.05) is 19.3 Å². The molecular formula is C20H16Cl2N2O5S2. The van der Waals surface area contributed by atoms with E-state index in [1.807, 2.05) is 0 Å². The summed E-state index contributed by atoms with van der Waals surface area (Å²) in [4.78, 5) is 38.3. The van der Waals surface area contributed by atoms with Gasteiger partial charge in [-0.15, -0.1) is 0 Å². The molecule has 11 heteroatoms. The number of imide groups is 1. The van der Waals surface area contributed by atoms with E-state index in [0.29, 0.717) is 10.6 Å². The summed E-state index contributed by atoms with van der Waals surface area (Å²) in [6, 6.07) is 10.6. The molecule has 2 aromatic carbocycles. The van der Waals surface area contributed by atoms with Gasteiger partial charge in [0, 0.05) is 24.9 Å². The Morgan fingerprint density at radius 3 is 2.58 bits per heavy atom. The summed E-state index contributed by atoms with van der Waals surface area (Å²) in [5, 5.41) is 2.72. The minimum atomic E-state index is -3.45. The first-order valence-corrected chi connectivity index (χ1v) is 12.3. The molecule has 1 heterocycles. The van der Waals surface area contributed by atoms with Crippen LogP contribution in [-0.2, 0) is 14.6 Å². The molecule has 1 aliphatic rings. The van der Waals surface area contributed by atoms with Crippen LogP contribution in [0.1, 0.15) is 15.9 Å². The van der Waals surface area contributed by atoms with Gasteiger partial charge in [0.25, 0.3) is 17.1 Å². The van der Waals surface area contributed by atoms with Gasteiger partial charge < -0.3 is 5.32 Å². The van der Waals surface area contributed by atoms with E-state index in [1.54, 1.807) is 18.2 Å². The molecule has 0 spiro atoms. The molecule has 0 saturated carbocycles. The Balaban J connectivity index is 1.64. The van der Waals surface area contributed by atoms with Crippen molar-refractivity contribution in [2.24, 2.45) is 0 Å². The number of hydrogen-bond acceptors (Lipinski definition) is 6. The Kier molecular flexibility index (Phi) is 7.10. The maximum atomic E-state index is 12.6. The molecule has 162 valence electrons. The first-order chi connectivity index (χ1) is 14.6. The molecule has 0 radical (unpaired) electrons. The van der Waals surface area contributed by atoms with E-state index < -0.39 is 26.9 Å². The molecule has 0 unspecified atom stereocenters. The van der Waals surface area contributed by atoms with Crippen LogP contribution in [0.3, 0.4) is 0 Å². The van der Waals surface area contributed by atoms with Crippen molar-refractivity contribution in [3.8, 4) is 0 Å². The first kappa shape index (κ1) is 23.3. The maximum Gasteiger partial charge on any atom is 0.293 e. The lowest BCUT2D eigenvalue weighted by molar-refractivity contribution is -0.122. The van der Waals surface area contributed by atoms with Crippen LogP contribution in [0, 0.1) is 0 Å². The van der Waals surface area contributed by atoms with Gasteiger partial charge in [0.2, 0.25) is 0 Å². The number of carbonyl (C=O) groups is 3. The van der Waals surface area contributed by atoms with E-state index in [9.17, 15) is 22.8 Å². The molecule has 7 nitrogen and oxygen atoms in total. The SMILES string of the molecule is CS(=O)(=O)c1cccc(C(=O)NCCN2C(=O)S/C(=C\c3cccc(Cl)c3Cl)C2=O)c1. The molecule has 1 N–H and O–H groups in total. The number of nitrogens with zero attached hydrogens (tertiary/aromatic N) is 1. The lowest BCUT2D eigenvalue weighted by atomic mass is 10.2. The molecule has 1 saturated heterocycles. The molecule has 0 aromatic heterocycles. The molecule has 3 rings (SSSR count). The van der Waals surface area contributed by atoms with E-state index in [1.165, 1.54) is 30.3 Å². The van der Waals surface area contributed by atoms with Gasteiger partial charge in [-0.3, -0.25) is 19.3 Å². The summed E-state index contributed by atoms with van der Waals surface area (Å²) >= 11 is 12.9. The van der Waals surface area contributed by atoms with Crippen LogP contribution in [-0.4, -0.2) is 49.7 Å². The number of carbonyl (C=O) groups excluding carboxylic acids is 3. The second kappa shape index (κ2) is 9.44. The van der Waals surface area contributed by atoms with E-state index in [4.69, 9.17) is 23.2 Å². The van der Waals surface area contributed by atoms with Crippen molar-refractivity contribution in [3.63, 3.8) is 0 Å². The lowest BCUT2D eigenvalue weighted by Gasteiger charge is -2.13. The van der Waals surface area contributed by atoms with E-state index in [0.717, 1.165) is 22.9 Å². The quantitative estimate of drug-likeness (QED) is 0.606. The topological polar surface area (TPSA) is 101 Å². The summed E-state index contributed by atoms with van der Waals surface area (Å²) in [5.41, 5.74) is 0.672. The first-order valence-electron chi connectivity index (χ1n) is 8.85. The highest BCUT2D eigenvalue weighted by molar-refractivity contribution is 8.18. The highest BCUT2D eigenvalue weighted by Gasteiger charge is 2.34. The number of rotatable bonds is 6. The highest BCUT2D eigenvalue weighted by Crippen LogP contribution is 2.34. The summed E-state index contributed by atoms with van der Waals surface area (Å²) in [7, 11) is -3.45. The zero-order valence-corrected chi connectivity index (χ0v) is 19.2. The Bertz CT molecular complexity index is 1210.